The Bertz CT molecular complexity index is 1280. The van der Waals surface area contributed by atoms with E-state index in [0.717, 1.165) is 16.5 Å². The van der Waals surface area contributed by atoms with Crippen molar-refractivity contribution in [2.75, 3.05) is 23.1 Å². The number of hydrogen-bond acceptors (Lipinski definition) is 7. The van der Waals surface area contributed by atoms with Crippen LogP contribution in [0.2, 0.25) is 10.0 Å². The lowest BCUT2D eigenvalue weighted by molar-refractivity contribution is -0.122. The van der Waals surface area contributed by atoms with E-state index in [1.165, 1.54) is 12.4 Å². The van der Waals surface area contributed by atoms with Crippen LogP contribution in [0.15, 0.2) is 67.0 Å². The van der Waals surface area contributed by atoms with Gasteiger partial charge in [-0.05, 0) is 29.7 Å². The summed E-state index contributed by atoms with van der Waals surface area (Å²) in [5, 5.41) is 6.10. The predicted molar refractivity (Wildman–Crippen MR) is 127 cm³/mol. The summed E-state index contributed by atoms with van der Waals surface area (Å²) in [6, 6.07) is 18.6. The van der Waals surface area contributed by atoms with Crippen LogP contribution >= 0.6 is 23.2 Å². The van der Waals surface area contributed by atoms with Crippen LogP contribution in [0.4, 0.5) is 23.0 Å². The van der Waals surface area contributed by atoms with Crippen LogP contribution in [-0.4, -0.2) is 22.5 Å². The van der Waals surface area contributed by atoms with Crippen LogP contribution in [0, 0.1) is 0 Å². The number of aromatic nitrogens is 2. The molecule has 0 aliphatic carbocycles. The van der Waals surface area contributed by atoms with Crippen molar-refractivity contribution in [2.24, 2.45) is 0 Å². The van der Waals surface area contributed by atoms with Gasteiger partial charge in [0, 0.05) is 16.1 Å². The van der Waals surface area contributed by atoms with Crippen molar-refractivity contribution < 1.29 is 9.53 Å². The van der Waals surface area contributed by atoms with Gasteiger partial charge in [-0.15, -0.1) is 0 Å². The third-order valence-corrected chi connectivity index (χ3v) is 5.03. The molecular formula is C22H18Cl2N6O2. The first-order valence-corrected chi connectivity index (χ1v) is 10.2. The molecule has 0 unspecified atom stereocenters. The number of ether oxygens (including phenoxy) is 1. The standard InChI is InChI=1S/C22H18Cl2N6O2/c23-14-8-9-18(16(24)10-14)32-11-19(31)29-30-22-20(25)21(26-12-27-22)28-17-7-3-5-13-4-1-2-6-15(13)17/h1-10,12H,11,25H2,(H,29,31)(H2,26,27,28,30). The average Bonchev–Trinajstić information content (AvgIpc) is 2.79. The molecule has 3 aromatic carbocycles. The number of halogens is 2. The minimum absolute atomic E-state index is 0.237. The van der Waals surface area contributed by atoms with E-state index in [2.05, 4.69) is 26.1 Å². The lowest BCUT2D eigenvalue weighted by atomic mass is 10.1. The Balaban J connectivity index is 1.40. The smallest absolute Gasteiger partial charge is 0.276 e. The van der Waals surface area contributed by atoms with Gasteiger partial charge in [-0.3, -0.25) is 15.6 Å². The van der Waals surface area contributed by atoms with Crippen LogP contribution < -0.4 is 26.6 Å². The quantitative estimate of drug-likeness (QED) is 0.288. The van der Waals surface area contributed by atoms with Crippen molar-refractivity contribution in [1.29, 1.82) is 0 Å². The molecule has 162 valence electrons. The van der Waals surface area contributed by atoms with E-state index in [9.17, 15) is 4.79 Å². The first kappa shape index (κ1) is 21.5. The molecule has 0 atom stereocenters. The summed E-state index contributed by atoms with van der Waals surface area (Å²) in [6.45, 7) is -0.277. The number of hydrogen-bond donors (Lipinski definition) is 4. The lowest BCUT2D eigenvalue weighted by Crippen LogP contribution is -2.34. The molecule has 10 heteroatoms. The number of amides is 1. The van der Waals surface area contributed by atoms with E-state index in [-0.39, 0.29) is 18.1 Å². The van der Waals surface area contributed by atoms with E-state index in [1.807, 2.05) is 42.5 Å². The maximum absolute atomic E-state index is 12.1. The number of rotatable bonds is 7. The summed E-state index contributed by atoms with van der Waals surface area (Å²) < 4.78 is 5.40. The largest absolute Gasteiger partial charge is 0.482 e. The van der Waals surface area contributed by atoms with Crippen LogP contribution in [0.1, 0.15) is 0 Å². The van der Waals surface area contributed by atoms with Gasteiger partial charge in [0.05, 0.1) is 5.02 Å². The predicted octanol–water partition coefficient (Wildman–Crippen LogP) is 4.78. The number of nitrogens with one attached hydrogen (secondary N) is 3. The summed E-state index contributed by atoms with van der Waals surface area (Å²) in [5.74, 6) is 0.518. The second-order valence-corrected chi connectivity index (χ2v) is 7.52. The van der Waals surface area contributed by atoms with Crippen molar-refractivity contribution in [2.45, 2.75) is 0 Å². The van der Waals surface area contributed by atoms with Gasteiger partial charge in [-0.2, -0.15) is 0 Å². The van der Waals surface area contributed by atoms with Gasteiger partial charge in [0.2, 0.25) is 0 Å². The third-order valence-electron chi connectivity index (χ3n) is 4.50. The Hall–Kier alpha value is -3.75. The van der Waals surface area contributed by atoms with Gasteiger partial charge >= 0.3 is 0 Å². The fourth-order valence-electron chi connectivity index (χ4n) is 2.96. The van der Waals surface area contributed by atoms with Crippen molar-refractivity contribution in [3.8, 4) is 5.75 Å². The maximum Gasteiger partial charge on any atom is 0.276 e. The summed E-state index contributed by atoms with van der Waals surface area (Å²) in [6.07, 6.45) is 1.34. The molecule has 0 aliphatic rings. The molecule has 0 fully saturated rings. The molecule has 0 bridgehead atoms. The van der Waals surface area contributed by atoms with Gasteiger partial charge in [-0.1, -0.05) is 59.6 Å². The van der Waals surface area contributed by atoms with E-state index in [4.69, 9.17) is 33.7 Å². The first-order chi connectivity index (χ1) is 15.5. The number of fused-ring (bicyclic) bond motifs is 1. The summed E-state index contributed by atoms with van der Waals surface area (Å²) in [5.41, 5.74) is 12.4. The second kappa shape index (κ2) is 9.59. The highest BCUT2D eigenvalue weighted by atomic mass is 35.5. The summed E-state index contributed by atoms with van der Waals surface area (Å²) >= 11 is 11.9. The fourth-order valence-corrected chi connectivity index (χ4v) is 3.42. The SMILES string of the molecule is Nc1c(NNC(=O)COc2ccc(Cl)cc2Cl)ncnc1Nc1cccc2ccccc12. The molecule has 32 heavy (non-hydrogen) atoms. The topological polar surface area (TPSA) is 114 Å². The molecule has 0 aliphatic heterocycles. The van der Waals surface area contributed by atoms with Crippen LogP contribution in [0.5, 0.6) is 5.75 Å². The highest BCUT2D eigenvalue weighted by Crippen LogP contribution is 2.30. The number of hydrazine groups is 1. The van der Waals surface area contributed by atoms with E-state index < -0.39 is 5.91 Å². The molecule has 1 aromatic heterocycles. The number of carbonyl (C=O) groups is 1. The molecule has 4 aromatic rings. The zero-order chi connectivity index (χ0) is 22.5. The van der Waals surface area contributed by atoms with Gasteiger partial charge in [0.15, 0.2) is 18.2 Å². The second-order valence-electron chi connectivity index (χ2n) is 6.67. The number of anilines is 4. The highest BCUT2D eigenvalue weighted by Gasteiger charge is 2.12. The maximum atomic E-state index is 12.1. The van der Waals surface area contributed by atoms with Crippen molar-refractivity contribution in [3.05, 3.63) is 77.0 Å². The molecule has 1 heterocycles. The molecule has 8 nitrogen and oxygen atoms in total. The van der Waals surface area contributed by atoms with Gasteiger partial charge in [0.25, 0.3) is 5.91 Å². The Labute approximate surface area is 193 Å². The fraction of sp³-hybridized carbons (Fsp3) is 0.0455. The zero-order valence-corrected chi connectivity index (χ0v) is 18.1. The number of benzene rings is 3. The molecule has 1 amide bonds. The Kier molecular flexibility index (Phi) is 6.44. The molecule has 0 radical (unpaired) electrons. The Morgan fingerprint density at radius 3 is 2.62 bits per heavy atom. The van der Waals surface area contributed by atoms with E-state index >= 15 is 0 Å². The first-order valence-electron chi connectivity index (χ1n) is 9.49. The minimum atomic E-state index is -0.461. The molecule has 5 N–H and O–H groups in total. The average molecular weight is 469 g/mol. The summed E-state index contributed by atoms with van der Waals surface area (Å²) in [4.78, 5) is 20.4. The van der Waals surface area contributed by atoms with Crippen molar-refractivity contribution in [1.82, 2.24) is 15.4 Å². The monoisotopic (exact) mass is 468 g/mol. The van der Waals surface area contributed by atoms with E-state index in [1.54, 1.807) is 12.1 Å². The van der Waals surface area contributed by atoms with Crippen LogP contribution in [0.3, 0.4) is 0 Å². The van der Waals surface area contributed by atoms with Gasteiger partial charge in [0.1, 0.15) is 17.8 Å². The Morgan fingerprint density at radius 1 is 1.00 bits per heavy atom. The zero-order valence-electron chi connectivity index (χ0n) is 16.6. The van der Waals surface area contributed by atoms with Gasteiger partial charge in [-0.25, -0.2) is 9.97 Å². The lowest BCUT2D eigenvalue weighted by Gasteiger charge is -2.14. The number of nitrogens with zero attached hydrogens (tertiary/aromatic N) is 2. The van der Waals surface area contributed by atoms with Crippen LogP contribution in [0.25, 0.3) is 10.8 Å². The number of carbonyl (C=O) groups excluding carboxylic acids is 1. The van der Waals surface area contributed by atoms with Crippen molar-refractivity contribution >= 4 is 62.9 Å². The normalized spacial score (nSPS) is 10.6. The van der Waals surface area contributed by atoms with Gasteiger partial charge < -0.3 is 15.8 Å². The minimum Gasteiger partial charge on any atom is -0.482 e. The Morgan fingerprint density at radius 2 is 1.78 bits per heavy atom. The number of nitrogen functional groups attached to an aromatic ring is 1. The third kappa shape index (κ3) is 4.93. The van der Waals surface area contributed by atoms with Crippen molar-refractivity contribution in [3.63, 3.8) is 0 Å². The van der Waals surface area contributed by atoms with Crippen LogP contribution in [-0.2, 0) is 4.79 Å². The molecule has 0 saturated heterocycles. The number of nitrogens with two attached hydrogens (primary N) is 1. The summed E-state index contributed by atoms with van der Waals surface area (Å²) in [7, 11) is 0. The molecule has 0 spiro atoms. The molecular weight excluding hydrogens is 451 g/mol. The molecule has 0 saturated carbocycles. The highest BCUT2D eigenvalue weighted by molar-refractivity contribution is 6.35. The molecule has 4 rings (SSSR count). The van der Waals surface area contributed by atoms with E-state index in [0.29, 0.717) is 21.6 Å².